The largest absolute Gasteiger partial charge is 0.336 e. The number of carbonyl (C=O) groups excluding carboxylic acids is 1. The fourth-order valence-corrected chi connectivity index (χ4v) is 5.51. The Bertz CT molecular complexity index is 924. The van der Waals surface area contributed by atoms with Crippen LogP contribution in [0.4, 0.5) is 0 Å². The Morgan fingerprint density at radius 3 is 2.23 bits per heavy atom. The zero-order valence-electron chi connectivity index (χ0n) is 17.5. The van der Waals surface area contributed by atoms with Crippen molar-refractivity contribution in [3.05, 3.63) is 60.2 Å². The van der Waals surface area contributed by atoms with Crippen LogP contribution in [0.5, 0.6) is 0 Å². The van der Waals surface area contributed by atoms with E-state index in [-0.39, 0.29) is 16.8 Å². The Labute approximate surface area is 183 Å². The smallest absolute Gasteiger partial charge is 0.253 e. The lowest BCUT2D eigenvalue weighted by molar-refractivity contribution is 0.0644. The van der Waals surface area contributed by atoms with Gasteiger partial charge in [-0.25, -0.2) is 13.1 Å². The normalized spacial score (nSPS) is 15.5. The minimum atomic E-state index is -3.55. The fourth-order valence-electron chi connectivity index (χ4n) is 3.32. The van der Waals surface area contributed by atoms with Gasteiger partial charge in [-0.15, -0.1) is 11.8 Å². The van der Waals surface area contributed by atoms with Gasteiger partial charge in [0.05, 0.1) is 4.90 Å². The van der Waals surface area contributed by atoms with Gasteiger partial charge < -0.3 is 4.90 Å². The molecule has 0 saturated carbocycles. The summed E-state index contributed by atoms with van der Waals surface area (Å²) in [6.07, 6.45) is 0. The Balaban J connectivity index is 1.48. The maximum atomic E-state index is 12.8. The maximum Gasteiger partial charge on any atom is 0.253 e. The van der Waals surface area contributed by atoms with Crippen molar-refractivity contribution >= 4 is 27.7 Å². The molecule has 2 aromatic carbocycles. The number of thioether (sulfide) groups is 1. The van der Waals surface area contributed by atoms with Crippen molar-refractivity contribution in [3.63, 3.8) is 0 Å². The van der Waals surface area contributed by atoms with Gasteiger partial charge in [-0.3, -0.25) is 9.69 Å². The van der Waals surface area contributed by atoms with E-state index in [1.807, 2.05) is 22.7 Å². The van der Waals surface area contributed by atoms with Crippen LogP contribution in [0, 0.1) is 0 Å². The number of rotatable bonds is 8. The molecular weight excluding hydrogens is 418 g/mol. The highest BCUT2D eigenvalue weighted by molar-refractivity contribution is 7.99. The van der Waals surface area contributed by atoms with E-state index in [9.17, 15) is 13.2 Å². The lowest BCUT2D eigenvalue weighted by atomic mass is 10.2. The van der Waals surface area contributed by atoms with Crippen molar-refractivity contribution in [3.8, 4) is 0 Å². The first-order chi connectivity index (χ1) is 14.3. The summed E-state index contributed by atoms with van der Waals surface area (Å²) < 4.78 is 27.0. The van der Waals surface area contributed by atoms with Crippen molar-refractivity contribution in [2.45, 2.75) is 29.7 Å². The molecule has 1 aliphatic heterocycles. The first-order valence-electron chi connectivity index (χ1n) is 10.2. The topological polar surface area (TPSA) is 69.7 Å². The fraction of sp³-hybridized carbons (Fsp3) is 0.409. The summed E-state index contributed by atoms with van der Waals surface area (Å²) in [5.74, 6) is 0.979. The van der Waals surface area contributed by atoms with Crippen molar-refractivity contribution in [2.75, 3.05) is 38.5 Å². The van der Waals surface area contributed by atoms with Gasteiger partial charge in [-0.05, 0) is 50.2 Å². The predicted molar refractivity (Wildman–Crippen MR) is 121 cm³/mol. The molecule has 0 aliphatic carbocycles. The predicted octanol–water partition coefficient (Wildman–Crippen LogP) is 2.92. The van der Waals surface area contributed by atoms with E-state index in [0.717, 1.165) is 25.4 Å². The second-order valence-electron chi connectivity index (χ2n) is 7.60. The number of hydrogen-bond donors (Lipinski definition) is 1. The summed E-state index contributed by atoms with van der Waals surface area (Å²) in [6.45, 7) is 7.62. The third-order valence-electron chi connectivity index (χ3n) is 4.88. The van der Waals surface area contributed by atoms with E-state index in [1.54, 1.807) is 26.0 Å². The van der Waals surface area contributed by atoms with Crippen LogP contribution in [0.15, 0.2) is 64.4 Å². The summed E-state index contributed by atoms with van der Waals surface area (Å²) in [4.78, 5) is 18.5. The van der Waals surface area contributed by atoms with E-state index in [0.29, 0.717) is 18.7 Å². The third-order valence-corrected chi connectivity index (χ3v) is 7.55. The van der Waals surface area contributed by atoms with Gasteiger partial charge in [0.25, 0.3) is 5.91 Å². The Morgan fingerprint density at radius 1 is 1.00 bits per heavy atom. The minimum Gasteiger partial charge on any atom is -0.336 e. The summed E-state index contributed by atoms with van der Waals surface area (Å²) in [5.41, 5.74) is 0.520. The second kappa shape index (κ2) is 10.4. The highest BCUT2D eigenvalue weighted by atomic mass is 32.2. The minimum absolute atomic E-state index is 0.0472. The van der Waals surface area contributed by atoms with Gasteiger partial charge in [0.2, 0.25) is 10.0 Å². The van der Waals surface area contributed by atoms with Crippen molar-refractivity contribution < 1.29 is 13.2 Å². The standard InChI is InChI=1S/C22H29N3O3S2/c1-18(2)23-30(27,28)21-10-8-19(9-11-21)22(26)25-14-12-24(13-15-25)16-17-29-20-6-4-3-5-7-20/h3-11,18,23H,12-17H2,1-2H3. The van der Waals surface area contributed by atoms with Crippen molar-refractivity contribution in [1.82, 2.24) is 14.5 Å². The summed E-state index contributed by atoms with van der Waals surface area (Å²) in [5, 5.41) is 0. The molecule has 162 valence electrons. The van der Waals surface area contributed by atoms with Crippen LogP contribution in [-0.2, 0) is 10.0 Å². The number of nitrogens with zero attached hydrogens (tertiary/aromatic N) is 2. The van der Waals surface area contributed by atoms with Gasteiger partial charge in [0.1, 0.15) is 0 Å². The molecule has 8 heteroatoms. The van der Waals surface area contributed by atoms with Gasteiger partial charge in [-0.2, -0.15) is 0 Å². The highest BCUT2D eigenvalue weighted by Gasteiger charge is 2.23. The number of amides is 1. The van der Waals surface area contributed by atoms with Crippen LogP contribution >= 0.6 is 11.8 Å². The quantitative estimate of drug-likeness (QED) is 0.630. The SMILES string of the molecule is CC(C)NS(=O)(=O)c1ccc(C(=O)N2CCN(CCSc3ccccc3)CC2)cc1. The van der Waals surface area contributed by atoms with Crippen molar-refractivity contribution in [1.29, 1.82) is 0 Å². The molecule has 1 amide bonds. The number of hydrogen-bond acceptors (Lipinski definition) is 5. The molecule has 0 radical (unpaired) electrons. The van der Waals surface area contributed by atoms with Crippen molar-refractivity contribution in [2.24, 2.45) is 0 Å². The van der Waals surface area contributed by atoms with E-state index in [2.05, 4.69) is 33.9 Å². The highest BCUT2D eigenvalue weighted by Crippen LogP contribution is 2.18. The average Bonchev–Trinajstić information content (AvgIpc) is 2.74. The third kappa shape index (κ3) is 6.31. The van der Waals surface area contributed by atoms with Crippen LogP contribution in [-0.4, -0.2) is 68.6 Å². The molecular formula is C22H29N3O3S2. The number of sulfonamides is 1. The maximum absolute atomic E-state index is 12.8. The molecule has 0 spiro atoms. The molecule has 2 aromatic rings. The zero-order valence-corrected chi connectivity index (χ0v) is 19.1. The van der Waals surface area contributed by atoms with E-state index < -0.39 is 10.0 Å². The molecule has 1 N–H and O–H groups in total. The lowest BCUT2D eigenvalue weighted by Crippen LogP contribution is -2.49. The van der Waals surface area contributed by atoms with Crippen LogP contribution in [0.25, 0.3) is 0 Å². The zero-order chi connectivity index (χ0) is 21.6. The molecule has 0 aromatic heterocycles. The van der Waals surface area contributed by atoms with Gasteiger partial charge in [-0.1, -0.05) is 18.2 Å². The molecule has 1 aliphatic rings. The molecule has 1 fully saturated rings. The van der Waals surface area contributed by atoms with Crippen LogP contribution in [0.2, 0.25) is 0 Å². The van der Waals surface area contributed by atoms with E-state index in [4.69, 9.17) is 0 Å². The van der Waals surface area contributed by atoms with Gasteiger partial charge >= 0.3 is 0 Å². The number of nitrogens with one attached hydrogen (secondary N) is 1. The molecule has 3 rings (SSSR count). The molecule has 0 bridgehead atoms. The molecule has 0 atom stereocenters. The summed E-state index contributed by atoms with van der Waals surface area (Å²) >= 11 is 1.85. The number of benzene rings is 2. The molecule has 1 saturated heterocycles. The monoisotopic (exact) mass is 447 g/mol. The van der Waals surface area contributed by atoms with Crippen LogP contribution < -0.4 is 4.72 Å². The Kier molecular flexibility index (Phi) is 7.93. The van der Waals surface area contributed by atoms with Gasteiger partial charge in [0, 0.05) is 55.0 Å². The number of carbonyl (C=O) groups is 1. The summed E-state index contributed by atoms with van der Waals surface area (Å²) in [6, 6.07) is 16.4. The first kappa shape index (κ1) is 22.8. The van der Waals surface area contributed by atoms with E-state index >= 15 is 0 Å². The number of piperazine rings is 1. The van der Waals surface area contributed by atoms with Crippen LogP contribution in [0.3, 0.4) is 0 Å². The molecule has 30 heavy (non-hydrogen) atoms. The van der Waals surface area contributed by atoms with E-state index in [1.165, 1.54) is 17.0 Å². The summed E-state index contributed by atoms with van der Waals surface area (Å²) in [7, 11) is -3.55. The Morgan fingerprint density at radius 2 is 1.63 bits per heavy atom. The lowest BCUT2D eigenvalue weighted by Gasteiger charge is -2.34. The molecule has 1 heterocycles. The second-order valence-corrected chi connectivity index (χ2v) is 10.5. The van der Waals surface area contributed by atoms with Gasteiger partial charge in [0.15, 0.2) is 0 Å². The van der Waals surface area contributed by atoms with Crippen LogP contribution in [0.1, 0.15) is 24.2 Å². The molecule has 6 nitrogen and oxygen atoms in total. The Hall–Kier alpha value is -1.87. The first-order valence-corrected chi connectivity index (χ1v) is 12.6. The molecule has 0 unspecified atom stereocenters. The average molecular weight is 448 g/mol.